The third-order valence-corrected chi connectivity index (χ3v) is 3.73. The van der Waals surface area contributed by atoms with Gasteiger partial charge in [-0.05, 0) is 25.0 Å². The molecule has 0 radical (unpaired) electrons. The third kappa shape index (κ3) is 3.11. The van der Waals surface area contributed by atoms with E-state index in [1.165, 1.54) is 28.9 Å². The smallest absolute Gasteiger partial charge is 0.336 e. The van der Waals surface area contributed by atoms with Crippen molar-refractivity contribution in [3.63, 3.8) is 0 Å². The fourth-order valence-corrected chi connectivity index (χ4v) is 2.68. The molecule has 0 saturated carbocycles. The van der Waals surface area contributed by atoms with E-state index in [4.69, 9.17) is 4.74 Å². The molecule has 0 aliphatic carbocycles. The van der Waals surface area contributed by atoms with Gasteiger partial charge in [-0.1, -0.05) is 13.3 Å². The fraction of sp³-hybridized carbons (Fsp3) is 0.417. The molecular weight excluding hydrogens is 264 g/mol. The molecule has 2 heterocycles. The Kier molecular flexibility index (Phi) is 4.16. The molecule has 2 aromatic rings. The topological polar surface area (TPSA) is 79.9 Å². The lowest BCUT2D eigenvalue weighted by atomic mass is 10.1. The molecule has 0 fully saturated rings. The number of thiophene rings is 1. The number of nitrogens with one attached hydrogen (secondary N) is 2. The average molecular weight is 280 g/mol. The summed E-state index contributed by atoms with van der Waals surface area (Å²) in [7, 11) is 1.47. The number of aromatic nitrogens is 3. The Hall–Kier alpha value is -1.89. The Morgan fingerprint density at radius 2 is 2.37 bits per heavy atom. The van der Waals surface area contributed by atoms with Gasteiger partial charge in [0, 0.05) is 4.88 Å². The van der Waals surface area contributed by atoms with Crippen molar-refractivity contribution in [2.45, 2.75) is 26.7 Å². The van der Waals surface area contributed by atoms with Crippen LogP contribution in [0.5, 0.6) is 6.01 Å². The second kappa shape index (κ2) is 5.83. The van der Waals surface area contributed by atoms with Crippen molar-refractivity contribution in [1.29, 1.82) is 0 Å². The maximum absolute atomic E-state index is 12.1. The van der Waals surface area contributed by atoms with Crippen molar-refractivity contribution < 1.29 is 9.53 Å². The molecular formula is C12H16N4O2S. The fourth-order valence-electron chi connectivity index (χ4n) is 1.71. The highest BCUT2D eigenvalue weighted by molar-refractivity contribution is 7.14. The minimum absolute atomic E-state index is 0.186. The molecule has 2 rings (SSSR count). The molecule has 102 valence electrons. The number of carbonyl (C=O) groups is 1. The molecule has 1 amide bonds. The van der Waals surface area contributed by atoms with Gasteiger partial charge in [0.2, 0.25) is 5.95 Å². The predicted octanol–water partition coefficient (Wildman–Crippen LogP) is 2.39. The molecule has 7 heteroatoms. The second-order valence-electron chi connectivity index (χ2n) is 4.07. The van der Waals surface area contributed by atoms with Gasteiger partial charge in [-0.15, -0.1) is 16.4 Å². The number of methoxy groups -OCH3 is 1. The molecule has 0 saturated heterocycles. The van der Waals surface area contributed by atoms with Crippen LogP contribution in [0.4, 0.5) is 5.95 Å². The van der Waals surface area contributed by atoms with Gasteiger partial charge < -0.3 is 4.74 Å². The maximum atomic E-state index is 12.1. The van der Waals surface area contributed by atoms with Crippen LogP contribution in [0.2, 0.25) is 0 Å². The molecule has 0 spiro atoms. The first-order valence-corrected chi connectivity index (χ1v) is 6.82. The Labute approximate surface area is 115 Å². The van der Waals surface area contributed by atoms with Crippen molar-refractivity contribution in [1.82, 2.24) is 15.2 Å². The number of hydrogen-bond acceptors (Lipinski definition) is 5. The molecule has 0 aromatic carbocycles. The minimum atomic E-state index is -0.186. The van der Waals surface area contributed by atoms with E-state index < -0.39 is 0 Å². The second-order valence-corrected chi connectivity index (χ2v) is 5.32. The summed E-state index contributed by atoms with van der Waals surface area (Å²) in [6.07, 6.45) is 2.06. The van der Waals surface area contributed by atoms with Crippen LogP contribution in [0.15, 0.2) is 6.07 Å². The van der Waals surface area contributed by atoms with E-state index in [1.54, 1.807) is 0 Å². The summed E-state index contributed by atoms with van der Waals surface area (Å²) in [6, 6.07) is 2.14. The summed E-state index contributed by atoms with van der Waals surface area (Å²) < 4.78 is 4.84. The lowest BCUT2D eigenvalue weighted by molar-refractivity contribution is 0.102. The minimum Gasteiger partial charge on any atom is -0.466 e. The van der Waals surface area contributed by atoms with Crippen LogP contribution in [0.25, 0.3) is 0 Å². The molecule has 6 nitrogen and oxygen atoms in total. The molecule has 19 heavy (non-hydrogen) atoms. The van der Waals surface area contributed by atoms with Gasteiger partial charge in [0.25, 0.3) is 5.91 Å². The Bertz CT molecular complexity index is 576. The van der Waals surface area contributed by atoms with E-state index in [2.05, 4.69) is 27.4 Å². The van der Waals surface area contributed by atoms with Crippen LogP contribution >= 0.6 is 11.3 Å². The molecule has 2 aromatic heterocycles. The molecule has 0 unspecified atom stereocenters. The summed E-state index contributed by atoms with van der Waals surface area (Å²) >= 11 is 1.49. The highest BCUT2D eigenvalue weighted by Gasteiger charge is 2.14. The number of ether oxygens (including phenoxy) is 1. The van der Waals surface area contributed by atoms with Gasteiger partial charge in [-0.2, -0.15) is 4.98 Å². The Morgan fingerprint density at radius 1 is 1.58 bits per heavy atom. The summed E-state index contributed by atoms with van der Waals surface area (Å²) in [5, 5.41) is 9.01. The largest absolute Gasteiger partial charge is 0.466 e. The summed E-state index contributed by atoms with van der Waals surface area (Å²) in [4.78, 5) is 17.9. The van der Waals surface area contributed by atoms with Gasteiger partial charge in [-0.25, -0.2) is 5.10 Å². The van der Waals surface area contributed by atoms with E-state index >= 15 is 0 Å². The lowest BCUT2D eigenvalue weighted by Gasteiger charge is -1.97. The van der Waals surface area contributed by atoms with Crippen LogP contribution in [0, 0.1) is 6.92 Å². The summed E-state index contributed by atoms with van der Waals surface area (Å²) in [6.45, 7) is 4.15. The van der Waals surface area contributed by atoms with E-state index in [1.807, 2.05) is 13.0 Å². The van der Waals surface area contributed by atoms with Crippen molar-refractivity contribution in [3.8, 4) is 6.01 Å². The zero-order valence-electron chi connectivity index (χ0n) is 11.1. The van der Waals surface area contributed by atoms with Crippen LogP contribution in [-0.2, 0) is 6.42 Å². The summed E-state index contributed by atoms with van der Waals surface area (Å²) in [5.74, 6) is 0.0965. The number of aromatic amines is 1. The molecule has 0 bridgehead atoms. The van der Waals surface area contributed by atoms with Crippen LogP contribution < -0.4 is 10.1 Å². The first-order chi connectivity index (χ1) is 9.13. The maximum Gasteiger partial charge on any atom is 0.336 e. The van der Waals surface area contributed by atoms with Crippen LogP contribution in [-0.4, -0.2) is 28.2 Å². The van der Waals surface area contributed by atoms with Gasteiger partial charge in [-0.3, -0.25) is 10.1 Å². The number of anilines is 1. The van der Waals surface area contributed by atoms with E-state index in [0.29, 0.717) is 4.88 Å². The highest BCUT2D eigenvalue weighted by Crippen LogP contribution is 2.23. The standard InChI is InChI=1S/C12H16N4O2S/c1-4-5-8-6-9(19-7(8)2)10(17)13-11-14-12(18-3)16-15-11/h6H,4-5H2,1-3H3,(H2,13,14,15,16,17). The van der Waals surface area contributed by atoms with Gasteiger partial charge >= 0.3 is 6.01 Å². The van der Waals surface area contributed by atoms with Gasteiger partial charge in [0.1, 0.15) is 0 Å². The number of aryl methyl sites for hydroxylation is 2. The predicted molar refractivity (Wildman–Crippen MR) is 73.9 cm³/mol. The van der Waals surface area contributed by atoms with E-state index in [0.717, 1.165) is 12.8 Å². The number of rotatable bonds is 5. The highest BCUT2D eigenvalue weighted by atomic mass is 32.1. The van der Waals surface area contributed by atoms with E-state index in [-0.39, 0.29) is 17.9 Å². The van der Waals surface area contributed by atoms with Gasteiger partial charge in [0.15, 0.2) is 0 Å². The number of hydrogen-bond donors (Lipinski definition) is 2. The molecule has 0 aliphatic heterocycles. The third-order valence-electron chi connectivity index (χ3n) is 2.64. The van der Waals surface area contributed by atoms with Crippen LogP contribution in [0.3, 0.4) is 0 Å². The first kappa shape index (κ1) is 13.5. The van der Waals surface area contributed by atoms with Crippen molar-refractivity contribution in [3.05, 3.63) is 21.4 Å². The monoisotopic (exact) mass is 280 g/mol. The molecule has 2 N–H and O–H groups in total. The summed E-state index contributed by atoms with van der Waals surface area (Å²) in [5.41, 5.74) is 1.23. The van der Waals surface area contributed by atoms with Crippen molar-refractivity contribution >= 4 is 23.2 Å². The number of carbonyl (C=O) groups excluding carboxylic acids is 1. The van der Waals surface area contributed by atoms with Crippen LogP contribution in [0.1, 0.15) is 33.5 Å². The van der Waals surface area contributed by atoms with E-state index in [9.17, 15) is 4.79 Å². The lowest BCUT2D eigenvalue weighted by Crippen LogP contribution is -2.11. The first-order valence-electron chi connectivity index (χ1n) is 6.01. The number of nitrogens with zero attached hydrogens (tertiary/aromatic N) is 2. The average Bonchev–Trinajstić information content (AvgIpc) is 2.97. The zero-order chi connectivity index (χ0) is 13.8. The Morgan fingerprint density at radius 3 is 3.00 bits per heavy atom. The molecule has 0 aliphatic rings. The van der Waals surface area contributed by atoms with Gasteiger partial charge in [0.05, 0.1) is 12.0 Å². The normalized spacial score (nSPS) is 10.5. The number of amides is 1. The Balaban J connectivity index is 2.09. The number of H-pyrrole nitrogens is 1. The molecule has 0 atom stereocenters. The quantitative estimate of drug-likeness (QED) is 0.881. The van der Waals surface area contributed by atoms with Crippen molar-refractivity contribution in [2.75, 3.05) is 12.4 Å². The zero-order valence-corrected chi connectivity index (χ0v) is 11.9. The van der Waals surface area contributed by atoms with Crippen molar-refractivity contribution in [2.24, 2.45) is 0 Å². The SMILES string of the molecule is CCCc1cc(C(=O)Nc2nc(OC)n[nH]2)sc1C.